The molecule has 12 heavy (non-hydrogen) atoms. The fourth-order valence-corrected chi connectivity index (χ4v) is 0.347. The Labute approximate surface area is 66.1 Å². The molecule has 0 aromatic carbocycles. The molecule has 0 bridgehead atoms. The van der Waals surface area contributed by atoms with Crippen LogP contribution in [0.15, 0.2) is 25.7 Å². The van der Waals surface area contributed by atoms with E-state index in [1.54, 1.807) is 0 Å². The maximum Gasteiger partial charge on any atom is 0.507 e. The first-order valence-electron chi connectivity index (χ1n) is 2.70. The van der Waals surface area contributed by atoms with Gasteiger partial charge in [-0.05, 0) is 0 Å². The first kappa shape index (κ1) is 10.8. The van der Waals surface area contributed by atoms with E-state index in [0.717, 1.165) is 0 Å². The average molecular weight is 186 g/mol. The lowest BCUT2D eigenvalue weighted by atomic mass is 10.6. The summed E-state index contributed by atoms with van der Waals surface area (Å²) in [6.45, 7) is 5.41. The number of halogens is 4. The SMILES string of the molecule is C=COC(F)(F)C(F)(F)OC=C. The van der Waals surface area contributed by atoms with Gasteiger partial charge in [-0.15, -0.1) is 0 Å². The van der Waals surface area contributed by atoms with Gasteiger partial charge < -0.3 is 9.47 Å². The van der Waals surface area contributed by atoms with Gasteiger partial charge in [0.1, 0.15) is 0 Å². The Bertz CT molecular complexity index is 158. The Kier molecular flexibility index (Phi) is 3.12. The van der Waals surface area contributed by atoms with Crippen LogP contribution in [0.2, 0.25) is 0 Å². The lowest BCUT2D eigenvalue weighted by molar-refractivity contribution is -0.404. The highest BCUT2D eigenvalue weighted by atomic mass is 19.3. The molecule has 0 saturated heterocycles. The Morgan fingerprint density at radius 1 is 0.833 bits per heavy atom. The summed E-state index contributed by atoms with van der Waals surface area (Å²) in [5.41, 5.74) is 0. The van der Waals surface area contributed by atoms with Gasteiger partial charge in [-0.2, -0.15) is 17.6 Å². The standard InChI is InChI=1S/C6H6F4O2/c1-3-11-5(7,8)6(9,10)12-4-2/h3-4H,1-2H2. The Balaban J connectivity index is 4.48. The molecule has 0 rings (SSSR count). The number of hydrogen-bond acceptors (Lipinski definition) is 2. The van der Waals surface area contributed by atoms with Gasteiger partial charge in [0, 0.05) is 0 Å². The van der Waals surface area contributed by atoms with Crippen LogP contribution in [-0.2, 0) is 9.47 Å². The van der Waals surface area contributed by atoms with Gasteiger partial charge >= 0.3 is 12.2 Å². The highest BCUT2D eigenvalue weighted by Gasteiger charge is 2.62. The second-order valence-electron chi connectivity index (χ2n) is 1.60. The molecule has 0 amide bonds. The molecular weight excluding hydrogens is 180 g/mol. The number of hydrogen-bond donors (Lipinski definition) is 0. The molecule has 0 aliphatic rings. The first-order chi connectivity index (χ1) is 5.37. The average Bonchev–Trinajstić information content (AvgIpc) is 1.86. The van der Waals surface area contributed by atoms with Crippen molar-refractivity contribution in [2.45, 2.75) is 12.2 Å². The van der Waals surface area contributed by atoms with Crippen LogP contribution in [0.25, 0.3) is 0 Å². The van der Waals surface area contributed by atoms with Crippen LogP contribution in [0.1, 0.15) is 0 Å². The van der Waals surface area contributed by atoms with Crippen molar-refractivity contribution in [3.05, 3.63) is 25.7 Å². The first-order valence-corrected chi connectivity index (χ1v) is 2.70. The zero-order valence-electron chi connectivity index (χ0n) is 5.90. The molecule has 0 aromatic rings. The van der Waals surface area contributed by atoms with E-state index in [4.69, 9.17) is 0 Å². The lowest BCUT2D eigenvalue weighted by Gasteiger charge is -2.22. The molecule has 70 valence electrons. The van der Waals surface area contributed by atoms with Crippen molar-refractivity contribution in [2.24, 2.45) is 0 Å². The summed E-state index contributed by atoms with van der Waals surface area (Å²) in [4.78, 5) is 0. The molecule has 0 heterocycles. The Hall–Kier alpha value is -1.20. The van der Waals surface area contributed by atoms with E-state index >= 15 is 0 Å². The molecule has 2 nitrogen and oxygen atoms in total. The van der Waals surface area contributed by atoms with Crippen LogP contribution in [0.4, 0.5) is 17.6 Å². The molecule has 0 aromatic heterocycles. The van der Waals surface area contributed by atoms with Crippen molar-refractivity contribution in [3.8, 4) is 0 Å². The predicted octanol–water partition coefficient (Wildman–Crippen LogP) is 2.49. The summed E-state index contributed by atoms with van der Waals surface area (Å²) in [6, 6.07) is 0. The van der Waals surface area contributed by atoms with Crippen LogP contribution >= 0.6 is 0 Å². The minimum Gasteiger partial charge on any atom is -0.434 e. The van der Waals surface area contributed by atoms with Gasteiger partial charge in [0.25, 0.3) is 0 Å². The fourth-order valence-electron chi connectivity index (χ4n) is 0.347. The van der Waals surface area contributed by atoms with Crippen LogP contribution < -0.4 is 0 Å². The highest BCUT2D eigenvalue weighted by Crippen LogP contribution is 2.36. The lowest BCUT2D eigenvalue weighted by Crippen LogP contribution is -2.42. The zero-order valence-corrected chi connectivity index (χ0v) is 5.90. The van der Waals surface area contributed by atoms with Crippen LogP contribution in [-0.4, -0.2) is 12.2 Å². The van der Waals surface area contributed by atoms with E-state index < -0.39 is 12.2 Å². The van der Waals surface area contributed by atoms with Crippen LogP contribution in [0.3, 0.4) is 0 Å². The van der Waals surface area contributed by atoms with Gasteiger partial charge in [0.05, 0.1) is 12.5 Å². The second kappa shape index (κ2) is 3.46. The summed E-state index contributed by atoms with van der Waals surface area (Å²) < 4.78 is 55.2. The molecular formula is C6H6F4O2. The third-order valence-electron chi connectivity index (χ3n) is 0.802. The third-order valence-corrected chi connectivity index (χ3v) is 0.802. The fraction of sp³-hybridized carbons (Fsp3) is 0.333. The van der Waals surface area contributed by atoms with Crippen molar-refractivity contribution in [2.75, 3.05) is 0 Å². The molecule has 0 saturated carbocycles. The summed E-state index contributed by atoms with van der Waals surface area (Å²) in [7, 11) is 0. The number of alkyl halides is 4. The summed E-state index contributed by atoms with van der Waals surface area (Å²) in [6.07, 6.45) is -9.10. The third kappa shape index (κ3) is 2.14. The van der Waals surface area contributed by atoms with Crippen molar-refractivity contribution < 1.29 is 27.0 Å². The summed E-state index contributed by atoms with van der Waals surface area (Å²) in [5, 5.41) is 0. The molecule has 0 spiro atoms. The van der Waals surface area contributed by atoms with Crippen LogP contribution in [0.5, 0.6) is 0 Å². The maximum atomic E-state index is 12.2. The van der Waals surface area contributed by atoms with Crippen molar-refractivity contribution in [1.29, 1.82) is 0 Å². The molecule has 6 heteroatoms. The van der Waals surface area contributed by atoms with E-state index in [1.807, 2.05) is 0 Å². The minimum atomic E-state index is -4.75. The van der Waals surface area contributed by atoms with E-state index in [0.29, 0.717) is 0 Å². The van der Waals surface area contributed by atoms with E-state index in [2.05, 4.69) is 22.6 Å². The molecule has 0 unspecified atom stereocenters. The largest absolute Gasteiger partial charge is 0.507 e. The van der Waals surface area contributed by atoms with Gasteiger partial charge in [-0.25, -0.2) is 0 Å². The zero-order chi connectivity index (χ0) is 9.83. The van der Waals surface area contributed by atoms with E-state index in [1.165, 1.54) is 0 Å². The molecule has 0 aliphatic heterocycles. The molecule has 0 aliphatic carbocycles. The topological polar surface area (TPSA) is 18.5 Å². The smallest absolute Gasteiger partial charge is 0.434 e. The highest BCUT2D eigenvalue weighted by molar-refractivity contribution is 4.72. The summed E-state index contributed by atoms with van der Waals surface area (Å²) in [5.74, 6) is 0. The van der Waals surface area contributed by atoms with Crippen molar-refractivity contribution in [3.63, 3.8) is 0 Å². The second-order valence-corrected chi connectivity index (χ2v) is 1.60. The van der Waals surface area contributed by atoms with Crippen LogP contribution in [0, 0.1) is 0 Å². The van der Waals surface area contributed by atoms with Gasteiger partial charge in [-0.3, -0.25) is 0 Å². The Morgan fingerprint density at radius 2 is 1.08 bits per heavy atom. The quantitative estimate of drug-likeness (QED) is 0.485. The molecule has 0 radical (unpaired) electrons. The molecule has 0 fully saturated rings. The van der Waals surface area contributed by atoms with Crippen molar-refractivity contribution in [1.82, 2.24) is 0 Å². The minimum absolute atomic E-state index is 0.195. The summed E-state index contributed by atoms with van der Waals surface area (Å²) >= 11 is 0. The number of ether oxygens (including phenoxy) is 2. The van der Waals surface area contributed by atoms with Crippen molar-refractivity contribution >= 4 is 0 Å². The maximum absolute atomic E-state index is 12.2. The van der Waals surface area contributed by atoms with Gasteiger partial charge in [0.15, 0.2) is 0 Å². The van der Waals surface area contributed by atoms with E-state index in [-0.39, 0.29) is 12.5 Å². The van der Waals surface area contributed by atoms with Gasteiger partial charge in [0.2, 0.25) is 0 Å². The molecule has 0 N–H and O–H groups in total. The molecule has 0 atom stereocenters. The normalized spacial score (nSPS) is 12.0. The van der Waals surface area contributed by atoms with Gasteiger partial charge in [-0.1, -0.05) is 13.2 Å². The number of rotatable bonds is 5. The Morgan fingerprint density at radius 3 is 1.25 bits per heavy atom. The predicted molar refractivity (Wildman–Crippen MR) is 32.5 cm³/mol. The monoisotopic (exact) mass is 186 g/mol. The van der Waals surface area contributed by atoms with E-state index in [9.17, 15) is 17.6 Å².